The minimum atomic E-state index is 0. The molecule has 0 aromatic carbocycles. The minimum Gasteiger partial charge on any atom is -0.370 e. The van der Waals surface area contributed by atoms with Crippen LogP contribution in [0.2, 0.25) is 0 Å². The zero-order valence-electron chi connectivity index (χ0n) is 12.5. The van der Waals surface area contributed by atoms with Gasteiger partial charge in [-0.3, -0.25) is 0 Å². The van der Waals surface area contributed by atoms with E-state index in [1.807, 2.05) is 13.1 Å². The number of aromatic nitrogens is 1. The molecule has 0 aliphatic rings. The molecular formula is C14H27IN4S. The Kier molecular flexibility index (Phi) is 12.1. The van der Waals surface area contributed by atoms with Gasteiger partial charge in [-0.1, -0.05) is 39.0 Å². The van der Waals surface area contributed by atoms with E-state index in [9.17, 15) is 0 Å². The molecule has 116 valence electrons. The first-order valence-corrected chi connectivity index (χ1v) is 7.99. The van der Waals surface area contributed by atoms with Crippen molar-refractivity contribution in [2.75, 3.05) is 6.54 Å². The van der Waals surface area contributed by atoms with E-state index >= 15 is 0 Å². The van der Waals surface area contributed by atoms with Gasteiger partial charge in [-0.2, -0.15) is 0 Å². The number of halogens is 1. The molecule has 0 saturated carbocycles. The molecule has 3 N–H and O–H groups in total. The van der Waals surface area contributed by atoms with E-state index in [0.29, 0.717) is 12.5 Å². The van der Waals surface area contributed by atoms with E-state index in [1.165, 1.54) is 37.0 Å². The number of unbranched alkanes of at least 4 members (excludes halogenated alkanes) is 5. The highest BCUT2D eigenvalue weighted by Crippen LogP contribution is 2.11. The van der Waals surface area contributed by atoms with Crippen molar-refractivity contribution in [3.63, 3.8) is 0 Å². The molecule has 0 aliphatic carbocycles. The van der Waals surface area contributed by atoms with Gasteiger partial charge in [0.15, 0.2) is 5.96 Å². The SMILES string of the molecule is CCCCCCCCNC(N)=NCc1ncc(C)s1.I. The second kappa shape index (κ2) is 12.4. The molecule has 0 saturated heterocycles. The summed E-state index contributed by atoms with van der Waals surface area (Å²) >= 11 is 1.67. The van der Waals surface area contributed by atoms with Gasteiger partial charge in [0, 0.05) is 17.6 Å². The van der Waals surface area contributed by atoms with Gasteiger partial charge in [0.05, 0.1) is 6.54 Å². The van der Waals surface area contributed by atoms with Crippen LogP contribution >= 0.6 is 35.3 Å². The van der Waals surface area contributed by atoms with Crippen LogP contribution in [0, 0.1) is 6.92 Å². The number of hydrogen-bond acceptors (Lipinski definition) is 3. The third-order valence-electron chi connectivity index (χ3n) is 2.89. The van der Waals surface area contributed by atoms with Crippen molar-refractivity contribution in [1.29, 1.82) is 0 Å². The maximum atomic E-state index is 5.81. The quantitative estimate of drug-likeness (QED) is 0.282. The number of nitrogens with zero attached hydrogens (tertiary/aromatic N) is 2. The first kappa shape index (κ1) is 19.6. The van der Waals surface area contributed by atoms with Crippen LogP contribution in [-0.4, -0.2) is 17.5 Å². The van der Waals surface area contributed by atoms with Gasteiger partial charge in [0.2, 0.25) is 0 Å². The van der Waals surface area contributed by atoms with Gasteiger partial charge in [-0.05, 0) is 13.3 Å². The van der Waals surface area contributed by atoms with E-state index in [1.54, 1.807) is 11.3 Å². The molecule has 20 heavy (non-hydrogen) atoms. The molecule has 4 nitrogen and oxygen atoms in total. The van der Waals surface area contributed by atoms with E-state index in [2.05, 4.69) is 22.2 Å². The fourth-order valence-corrected chi connectivity index (χ4v) is 2.52. The summed E-state index contributed by atoms with van der Waals surface area (Å²) in [6.45, 7) is 5.78. The summed E-state index contributed by atoms with van der Waals surface area (Å²) in [7, 11) is 0. The van der Waals surface area contributed by atoms with Crippen molar-refractivity contribution in [2.45, 2.75) is 58.9 Å². The van der Waals surface area contributed by atoms with Crippen LogP contribution in [0.5, 0.6) is 0 Å². The van der Waals surface area contributed by atoms with Gasteiger partial charge >= 0.3 is 0 Å². The molecule has 0 bridgehead atoms. The Balaban J connectivity index is 0.00000361. The second-order valence-electron chi connectivity index (χ2n) is 4.76. The van der Waals surface area contributed by atoms with Crippen LogP contribution in [0.4, 0.5) is 0 Å². The molecule has 1 rings (SSSR count). The van der Waals surface area contributed by atoms with Crippen LogP contribution in [0.1, 0.15) is 55.3 Å². The van der Waals surface area contributed by atoms with E-state index in [0.717, 1.165) is 18.0 Å². The maximum Gasteiger partial charge on any atom is 0.189 e. The van der Waals surface area contributed by atoms with Gasteiger partial charge in [-0.15, -0.1) is 35.3 Å². The largest absolute Gasteiger partial charge is 0.370 e. The highest BCUT2D eigenvalue weighted by Gasteiger charge is 1.98. The van der Waals surface area contributed by atoms with Crippen LogP contribution < -0.4 is 11.1 Å². The van der Waals surface area contributed by atoms with Gasteiger partial charge in [0.1, 0.15) is 5.01 Å². The summed E-state index contributed by atoms with van der Waals surface area (Å²) in [6, 6.07) is 0. The number of rotatable bonds is 9. The molecule has 0 radical (unpaired) electrons. The van der Waals surface area contributed by atoms with Crippen molar-refractivity contribution in [3.8, 4) is 0 Å². The Morgan fingerprint density at radius 1 is 1.30 bits per heavy atom. The van der Waals surface area contributed by atoms with Crippen LogP contribution in [0.3, 0.4) is 0 Å². The summed E-state index contributed by atoms with van der Waals surface area (Å²) in [4.78, 5) is 9.75. The Morgan fingerprint density at radius 2 is 2.00 bits per heavy atom. The van der Waals surface area contributed by atoms with Crippen LogP contribution in [-0.2, 0) is 6.54 Å². The molecule has 6 heteroatoms. The molecule has 0 fully saturated rings. The molecule has 0 atom stereocenters. The number of thiazole rings is 1. The van der Waals surface area contributed by atoms with Crippen molar-refractivity contribution in [3.05, 3.63) is 16.1 Å². The lowest BCUT2D eigenvalue weighted by molar-refractivity contribution is 0.601. The van der Waals surface area contributed by atoms with E-state index in [4.69, 9.17) is 5.73 Å². The van der Waals surface area contributed by atoms with E-state index in [-0.39, 0.29) is 24.0 Å². The van der Waals surface area contributed by atoms with Crippen molar-refractivity contribution >= 4 is 41.3 Å². The summed E-state index contributed by atoms with van der Waals surface area (Å²) in [6.07, 6.45) is 9.63. The van der Waals surface area contributed by atoms with Gasteiger partial charge in [0.25, 0.3) is 0 Å². The molecule has 1 aromatic rings. The highest BCUT2D eigenvalue weighted by molar-refractivity contribution is 14.0. The topological polar surface area (TPSA) is 63.3 Å². The normalized spacial score (nSPS) is 11.2. The smallest absolute Gasteiger partial charge is 0.189 e. The number of nitrogens with one attached hydrogen (secondary N) is 1. The molecule has 0 unspecified atom stereocenters. The van der Waals surface area contributed by atoms with Gasteiger partial charge in [-0.25, -0.2) is 9.98 Å². The lowest BCUT2D eigenvalue weighted by Gasteiger charge is -2.05. The number of hydrogen-bond donors (Lipinski definition) is 2. The molecular weight excluding hydrogens is 383 g/mol. The Labute approximate surface area is 143 Å². The van der Waals surface area contributed by atoms with E-state index < -0.39 is 0 Å². The summed E-state index contributed by atoms with van der Waals surface area (Å²) in [5.41, 5.74) is 5.81. The molecule has 1 aromatic heterocycles. The van der Waals surface area contributed by atoms with Crippen LogP contribution in [0.25, 0.3) is 0 Å². The van der Waals surface area contributed by atoms with Gasteiger partial charge < -0.3 is 11.1 Å². The minimum absolute atomic E-state index is 0. The lowest BCUT2D eigenvalue weighted by Crippen LogP contribution is -2.32. The predicted molar refractivity (Wildman–Crippen MR) is 99.0 cm³/mol. The first-order chi connectivity index (χ1) is 9.22. The average molecular weight is 410 g/mol. The molecule has 0 spiro atoms. The van der Waals surface area contributed by atoms with Crippen LogP contribution in [0.15, 0.2) is 11.2 Å². The monoisotopic (exact) mass is 410 g/mol. The summed E-state index contributed by atoms with van der Waals surface area (Å²) in [5, 5.41) is 4.17. The molecule has 0 aliphatic heterocycles. The fraction of sp³-hybridized carbons (Fsp3) is 0.714. The maximum absolute atomic E-state index is 5.81. The van der Waals surface area contributed by atoms with Crippen molar-refractivity contribution < 1.29 is 0 Å². The third-order valence-corrected chi connectivity index (χ3v) is 3.79. The predicted octanol–water partition coefficient (Wildman–Crippen LogP) is 3.83. The molecule has 1 heterocycles. The number of nitrogens with two attached hydrogens (primary N) is 1. The second-order valence-corrected chi connectivity index (χ2v) is 6.08. The average Bonchev–Trinajstić information content (AvgIpc) is 2.81. The zero-order valence-corrected chi connectivity index (χ0v) is 15.7. The van der Waals surface area contributed by atoms with Crippen molar-refractivity contribution in [2.24, 2.45) is 10.7 Å². The van der Waals surface area contributed by atoms with Crippen molar-refractivity contribution in [1.82, 2.24) is 10.3 Å². The zero-order chi connectivity index (χ0) is 13.9. The first-order valence-electron chi connectivity index (χ1n) is 7.17. The summed E-state index contributed by atoms with van der Waals surface area (Å²) < 4.78 is 0. The highest BCUT2D eigenvalue weighted by atomic mass is 127. The Morgan fingerprint density at radius 3 is 2.65 bits per heavy atom. The summed E-state index contributed by atoms with van der Waals surface area (Å²) in [5.74, 6) is 0.529. The standard InChI is InChI=1S/C14H26N4S.HI/c1-3-4-5-6-7-8-9-16-14(15)18-11-13-17-10-12(2)19-13;/h10H,3-9,11H2,1-2H3,(H3,15,16,18);1H. The fourth-order valence-electron chi connectivity index (χ4n) is 1.81. The Bertz CT molecular complexity index is 379. The number of aryl methyl sites for hydroxylation is 1. The number of aliphatic imine (C=N–C) groups is 1. The third kappa shape index (κ3) is 9.52. The number of guanidine groups is 1. The molecule has 0 amide bonds. The lowest BCUT2D eigenvalue weighted by atomic mass is 10.1. The Hall–Kier alpha value is -0.370.